The number of carbonyl (C=O) groups is 1. The Kier molecular flexibility index (Phi) is 7.10. The largest absolute Gasteiger partial charge is 0.454 e. The Bertz CT molecular complexity index is 1050. The van der Waals surface area contributed by atoms with E-state index >= 15 is 0 Å². The molecule has 8 heteroatoms. The minimum atomic E-state index is -3.51. The fourth-order valence-corrected chi connectivity index (χ4v) is 4.54. The smallest absolute Gasteiger partial charge is 0.232 e. The van der Waals surface area contributed by atoms with Crippen molar-refractivity contribution in [1.82, 2.24) is 5.32 Å². The highest BCUT2D eigenvalue weighted by atomic mass is 32.2. The van der Waals surface area contributed by atoms with Gasteiger partial charge >= 0.3 is 0 Å². The second kappa shape index (κ2) is 9.60. The zero-order chi connectivity index (χ0) is 22.6. The number of nitrogens with one attached hydrogen (secondary N) is 1. The van der Waals surface area contributed by atoms with E-state index < -0.39 is 10.0 Å². The molecule has 1 atom stereocenters. The van der Waals surface area contributed by atoms with Crippen molar-refractivity contribution in [2.75, 3.05) is 23.9 Å². The highest BCUT2D eigenvalue weighted by Gasteiger charge is 2.22. The average Bonchev–Trinajstić information content (AvgIpc) is 3.18. The summed E-state index contributed by atoms with van der Waals surface area (Å²) in [6.07, 6.45) is 2.57. The van der Waals surface area contributed by atoms with Crippen molar-refractivity contribution in [2.24, 2.45) is 0 Å². The zero-order valence-electron chi connectivity index (χ0n) is 18.5. The first kappa shape index (κ1) is 22.9. The SMILES string of the molecule is CC[C@H](NC(=O)CCCN(c1ccc2c(c1)OCO2)S(C)(=O)=O)c1ccc(C)c(C)c1. The summed E-state index contributed by atoms with van der Waals surface area (Å²) in [5.74, 6) is 1.01. The third-order valence-corrected chi connectivity index (χ3v) is 6.68. The molecular formula is C23H30N2O5S. The van der Waals surface area contributed by atoms with Crippen molar-refractivity contribution < 1.29 is 22.7 Å². The maximum Gasteiger partial charge on any atom is 0.232 e. The number of rotatable bonds is 9. The molecule has 31 heavy (non-hydrogen) atoms. The van der Waals surface area contributed by atoms with Crippen molar-refractivity contribution in [2.45, 2.75) is 46.1 Å². The van der Waals surface area contributed by atoms with Crippen LogP contribution in [-0.4, -0.2) is 33.9 Å². The number of carbonyl (C=O) groups excluding carboxylic acids is 1. The van der Waals surface area contributed by atoms with E-state index in [0.29, 0.717) is 23.6 Å². The molecule has 0 aromatic heterocycles. The summed E-state index contributed by atoms with van der Waals surface area (Å²) in [5, 5.41) is 3.07. The molecule has 0 saturated carbocycles. The van der Waals surface area contributed by atoms with Gasteiger partial charge in [-0.3, -0.25) is 9.10 Å². The summed E-state index contributed by atoms with van der Waals surface area (Å²) in [5.41, 5.74) is 3.98. The molecule has 1 amide bonds. The molecular weight excluding hydrogens is 416 g/mol. The summed E-state index contributed by atoms with van der Waals surface area (Å²) in [4.78, 5) is 12.5. The minimum Gasteiger partial charge on any atom is -0.454 e. The topological polar surface area (TPSA) is 84.9 Å². The van der Waals surface area contributed by atoms with E-state index in [9.17, 15) is 13.2 Å². The fraction of sp³-hybridized carbons (Fsp3) is 0.435. The lowest BCUT2D eigenvalue weighted by atomic mass is 9.99. The molecule has 3 rings (SSSR count). The van der Waals surface area contributed by atoms with Gasteiger partial charge in [0.25, 0.3) is 0 Å². The normalized spacial score (nSPS) is 13.7. The van der Waals surface area contributed by atoms with Gasteiger partial charge < -0.3 is 14.8 Å². The summed E-state index contributed by atoms with van der Waals surface area (Å²) in [6, 6.07) is 11.2. The molecule has 1 aliphatic rings. The molecule has 2 aromatic rings. The van der Waals surface area contributed by atoms with Gasteiger partial charge in [0.1, 0.15) is 0 Å². The molecule has 0 unspecified atom stereocenters. The Morgan fingerprint density at radius 3 is 2.52 bits per heavy atom. The van der Waals surface area contributed by atoms with Gasteiger partial charge in [0, 0.05) is 19.0 Å². The molecule has 0 bridgehead atoms. The van der Waals surface area contributed by atoms with Crippen LogP contribution < -0.4 is 19.1 Å². The van der Waals surface area contributed by atoms with Gasteiger partial charge in [-0.25, -0.2) is 8.42 Å². The Hall–Kier alpha value is -2.74. The van der Waals surface area contributed by atoms with Crippen LogP contribution in [0.15, 0.2) is 36.4 Å². The third-order valence-electron chi connectivity index (χ3n) is 5.49. The quantitative estimate of drug-likeness (QED) is 0.633. The number of anilines is 1. The van der Waals surface area contributed by atoms with E-state index in [1.54, 1.807) is 18.2 Å². The first-order valence-corrected chi connectivity index (χ1v) is 12.3. The van der Waals surface area contributed by atoms with E-state index in [0.717, 1.165) is 18.2 Å². The van der Waals surface area contributed by atoms with Gasteiger partial charge in [-0.1, -0.05) is 25.1 Å². The number of ether oxygens (including phenoxy) is 2. The second-order valence-electron chi connectivity index (χ2n) is 7.85. The molecule has 7 nitrogen and oxygen atoms in total. The molecule has 0 radical (unpaired) electrons. The van der Waals surface area contributed by atoms with Crippen molar-refractivity contribution in [3.8, 4) is 11.5 Å². The molecule has 2 aromatic carbocycles. The number of amides is 1. The Balaban J connectivity index is 1.61. The maximum absolute atomic E-state index is 12.5. The molecule has 168 valence electrons. The molecule has 1 N–H and O–H groups in total. The van der Waals surface area contributed by atoms with E-state index in [1.807, 2.05) is 13.0 Å². The molecule has 1 heterocycles. The number of nitrogens with zero attached hydrogens (tertiary/aromatic N) is 1. The van der Waals surface area contributed by atoms with Crippen LogP contribution in [0.1, 0.15) is 48.9 Å². The van der Waals surface area contributed by atoms with Gasteiger partial charge in [-0.15, -0.1) is 0 Å². The highest BCUT2D eigenvalue weighted by Crippen LogP contribution is 2.36. The lowest BCUT2D eigenvalue weighted by molar-refractivity contribution is -0.121. The molecule has 0 fully saturated rings. The van der Waals surface area contributed by atoms with Crippen molar-refractivity contribution in [3.05, 3.63) is 53.1 Å². The second-order valence-corrected chi connectivity index (χ2v) is 9.76. The fourth-order valence-electron chi connectivity index (χ4n) is 3.58. The highest BCUT2D eigenvalue weighted by molar-refractivity contribution is 7.92. The van der Waals surface area contributed by atoms with E-state index in [2.05, 4.69) is 31.3 Å². The van der Waals surface area contributed by atoms with Crippen LogP contribution in [-0.2, 0) is 14.8 Å². The molecule has 0 saturated heterocycles. The number of aryl methyl sites for hydroxylation is 2. The first-order valence-electron chi connectivity index (χ1n) is 10.4. The maximum atomic E-state index is 12.5. The average molecular weight is 447 g/mol. The third kappa shape index (κ3) is 5.70. The van der Waals surface area contributed by atoms with Crippen LogP contribution in [0.4, 0.5) is 5.69 Å². The number of benzene rings is 2. The Morgan fingerprint density at radius 2 is 1.84 bits per heavy atom. The lowest BCUT2D eigenvalue weighted by Crippen LogP contribution is -2.33. The molecule has 0 aliphatic carbocycles. The van der Waals surface area contributed by atoms with Crippen LogP contribution in [0.2, 0.25) is 0 Å². The summed E-state index contributed by atoms with van der Waals surface area (Å²) in [7, 11) is -3.51. The summed E-state index contributed by atoms with van der Waals surface area (Å²) in [6.45, 7) is 6.48. The zero-order valence-corrected chi connectivity index (χ0v) is 19.3. The van der Waals surface area contributed by atoms with Crippen LogP contribution in [0, 0.1) is 13.8 Å². The monoisotopic (exact) mass is 446 g/mol. The van der Waals surface area contributed by atoms with Crippen molar-refractivity contribution in [3.63, 3.8) is 0 Å². The van der Waals surface area contributed by atoms with Gasteiger partial charge in [-0.2, -0.15) is 0 Å². The Morgan fingerprint density at radius 1 is 1.10 bits per heavy atom. The number of hydrogen-bond donors (Lipinski definition) is 1. The van der Waals surface area contributed by atoms with E-state index in [-0.39, 0.29) is 31.7 Å². The van der Waals surface area contributed by atoms with Gasteiger partial charge in [-0.05, 0) is 55.5 Å². The number of hydrogen-bond acceptors (Lipinski definition) is 5. The van der Waals surface area contributed by atoms with Crippen molar-refractivity contribution in [1.29, 1.82) is 0 Å². The van der Waals surface area contributed by atoms with Gasteiger partial charge in [0.2, 0.25) is 22.7 Å². The van der Waals surface area contributed by atoms with Crippen LogP contribution in [0.5, 0.6) is 11.5 Å². The number of fused-ring (bicyclic) bond motifs is 1. The minimum absolute atomic E-state index is 0.0633. The van der Waals surface area contributed by atoms with Crippen LogP contribution in [0.25, 0.3) is 0 Å². The molecule has 1 aliphatic heterocycles. The predicted octanol–water partition coefficient (Wildman–Crippen LogP) is 3.85. The van der Waals surface area contributed by atoms with Crippen LogP contribution in [0.3, 0.4) is 0 Å². The molecule has 0 spiro atoms. The Labute approximate surface area is 184 Å². The van der Waals surface area contributed by atoms with Gasteiger partial charge in [0.05, 0.1) is 18.0 Å². The van der Waals surface area contributed by atoms with E-state index in [4.69, 9.17) is 9.47 Å². The summed E-state index contributed by atoms with van der Waals surface area (Å²) < 4.78 is 36.6. The van der Waals surface area contributed by atoms with Gasteiger partial charge in [0.15, 0.2) is 11.5 Å². The lowest BCUT2D eigenvalue weighted by Gasteiger charge is -2.23. The number of sulfonamides is 1. The van der Waals surface area contributed by atoms with Crippen molar-refractivity contribution >= 4 is 21.6 Å². The van der Waals surface area contributed by atoms with Crippen LogP contribution >= 0.6 is 0 Å². The first-order chi connectivity index (χ1) is 14.7. The predicted molar refractivity (Wildman–Crippen MR) is 121 cm³/mol. The summed E-state index contributed by atoms with van der Waals surface area (Å²) >= 11 is 0. The standard InChI is InChI=1S/C23H30N2O5S/c1-5-20(18-9-8-16(2)17(3)13-18)24-23(26)7-6-12-25(31(4,27)28)19-10-11-21-22(14-19)30-15-29-21/h8-11,13-14,20H,5-7,12,15H2,1-4H3,(H,24,26)/t20-/m0/s1. The van der Waals surface area contributed by atoms with E-state index in [1.165, 1.54) is 15.4 Å².